The first-order chi connectivity index (χ1) is 8.33. The summed E-state index contributed by atoms with van der Waals surface area (Å²) in [5.74, 6) is 2.55. The van der Waals surface area contributed by atoms with E-state index in [1.165, 1.54) is 19.3 Å². The Balaban J connectivity index is 2.50. The first kappa shape index (κ1) is 16.0. The van der Waals surface area contributed by atoms with Gasteiger partial charge in [-0.2, -0.15) is 0 Å². The van der Waals surface area contributed by atoms with E-state index in [1.54, 1.807) is 0 Å². The van der Waals surface area contributed by atoms with Gasteiger partial charge in [-0.05, 0) is 57.9 Å². The van der Waals surface area contributed by atoms with E-state index in [0.29, 0.717) is 6.04 Å². The highest BCUT2D eigenvalue weighted by atomic mass is 16.5. The minimum Gasteiger partial charge on any atom is -0.374 e. The molecule has 2 heteroatoms. The summed E-state index contributed by atoms with van der Waals surface area (Å²) in [5.41, 5.74) is -0.0265. The van der Waals surface area contributed by atoms with E-state index < -0.39 is 0 Å². The maximum atomic E-state index is 6.00. The van der Waals surface area contributed by atoms with Crippen molar-refractivity contribution in [3.8, 4) is 0 Å². The molecule has 1 rings (SSSR count). The largest absolute Gasteiger partial charge is 0.374 e. The summed E-state index contributed by atoms with van der Waals surface area (Å²) >= 11 is 0. The van der Waals surface area contributed by atoms with Crippen molar-refractivity contribution in [2.24, 2.45) is 17.8 Å². The van der Waals surface area contributed by atoms with E-state index in [1.807, 2.05) is 0 Å². The highest BCUT2D eigenvalue weighted by molar-refractivity contribution is 4.84. The van der Waals surface area contributed by atoms with Crippen molar-refractivity contribution in [1.29, 1.82) is 0 Å². The molecule has 0 saturated heterocycles. The lowest BCUT2D eigenvalue weighted by Gasteiger charge is -2.38. The fourth-order valence-corrected chi connectivity index (χ4v) is 2.92. The standard InChI is InChI=1S/C16H33NO/c1-7-17-15(11-18-16(4,5)6)14-9-8-12(2)13(3)10-14/h12-15,17H,7-11H2,1-6H3. The maximum absolute atomic E-state index is 6.00. The monoisotopic (exact) mass is 255 g/mol. The first-order valence-electron chi connectivity index (χ1n) is 7.70. The van der Waals surface area contributed by atoms with Crippen LogP contribution in [0.15, 0.2) is 0 Å². The Morgan fingerprint density at radius 3 is 2.33 bits per heavy atom. The Morgan fingerprint density at radius 1 is 1.17 bits per heavy atom. The van der Waals surface area contributed by atoms with E-state index in [-0.39, 0.29) is 5.60 Å². The molecule has 1 aliphatic rings. The van der Waals surface area contributed by atoms with E-state index in [2.05, 4.69) is 46.9 Å². The van der Waals surface area contributed by atoms with Crippen molar-refractivity contribution < 1.29 is 4.74 Å². The third kappa shape index (κ3) is 5.27. The molecule has 4 unspecified atom stereocenters. The average Bonchev–Trinajstić information content (AvgIpc) is 2.27. The molecule has 0 aromatic heterocycles. The van der Waals surface area contributed by atoms with Crippen LogP contribution in [0.4, 0.5) is 0 Å². The predicted molar refractivity (Wildman–Crippen MR) is 78.8 cm³/mol. The van der Waals surface area contributed by atoms with Gasteiger partial charge in [0, 0.05) is 6.04 Å². The van der Waals surface area contributed by atoms with Crippen molar-refractivity contribution in [2.45, 2.75) is 72.4 Å². The SMILES string of the molecule is CCNC(COC(C)(C)C)C1CCC(C)C(C)C1. The van der Waals surface area contributed by atoms with Gasteiger partial charge in [-0.3, -0.25) is 0 Å². The summed E-state index contributed by atoms with van der Waals surface area (Å²) in [6, 6.07) is 0.532. The van der Waals surface area contributed by atoms with Crippen LogP contribution in [0, 0.1) is 17.8 Å². The molecule has 0 amide bonds. The molecule has 0 aromatic rings. The quantitative estimate of drug-likeness (QED) is 0.805. The second-order valence-corrected chi connectivity index (χ2v) is 7.12. The van der Waals surface area contributed by atoms with E-state index in [0.717, 1.165) is 30.9 Å². The van der Waals surface area contributed by atoms with Crippen molar-refractivity contribution in [3.05, 3.63) is 0 Å². The summed E-state index contributed by atoms with van der Waals surface area (Å²) in [6.45, 7) is 15.3. The van der Waals surface area contributed by atoms with Gasteiger partial charge in [-0.15, -0.1) is 0 Å². The van der Waals surface area contributed by atoms with Gasteiger partial charge in [0.1, 0.15) is 0 Å². The van der Waals surface area contributed by atoms with Crippen LogP contribution in [0.5, 0.6) is 0 Å². The summed E-state index contributed by atoms with van der Waals surface area (Å²) in [5, 5.41) is 3.64. The minimum atomic E-state index is -0.0265. The molecule has 0 aliphatic heterocycles. The number of likely N-dealkylation sites (N-methyl/N-ethyl adjacent to an activating group) is 1. The van der Waals surface area contributed by atoms with Gasteiger partial charge in [0.2, 0.25) is 0 Å². The van der Waals surface area contributed by atoms with E-state index in [4.69, 9.17) is 4.74 Å². The number of hydrogen-bond acceptors (Lipinski definition) is 2. The third-order valence-electron chi connectivity index (χ3n) is 4.37. The van der Waals surface area contributed by atoms with Crippen LogP contribution < -0.4 is 5.32 Å². The molecule has 1 N–H and O–H groups in total. The van der Waals surface area contributed by atoms with Gasteiger partial charge in [0.25, 0.3) is 0 Å². The molecule has 1 fully saturated rings. The van der Waals surface area contributed by atoms with Crippen LogP contribution in [-0.2, 0) is 4.74 Å². The smallest absolute Gasteiger partial charge is 0.0629 e. The van der Waals surface area contributed by atoms with Crippen LogP contribution >= 0.6 is 0 Å². The summed E-state index contributed by atoms with van der Waals surface area (Å²) in [4.78, 5) is 0. The Bertz CT molecular complexity index is 234. The van der Waals surface area contributed by atoms with Gasteiger partial charge >= 0.3 is 0 Å². The molecule has 1 aliphatic carbocycles. The second-order valence-electron chi connectivity index (χ2n) is 7.12. The first-order valence-corrected chi connectivity index (χ1v) is 7.70. The Hall–Kier alpha value is -0.0800. The molecule has 2 nitrogen and oxygen atoms in total. The third-order valence-corrected chi connectivity index (χ3v) is 4.37. The van der Waals surface area contributed by atoms with Crippen LogP contribution in [-0.4, -0.2) is 24.8 Å². The van der Waals surface area contributed by atoms with Crippen LogP contribution in [0.2, 0.25) is 0 Å². The Kier molecular flexibility index (Phi) is 6.13. The zero-order valence-electron chi connectivity index (χ0n) is 13.3. The summed E-state index contributed by atoms with van der Waals surface area (Å²) in [6.07, 6.45) is 4.09. The topological polar surface area (TPSA) is 21.3 Å². The number of nitrogens with one attached hydrogen (secondary N) is 1. The Labute approximate surface area is 114 Å². The minimum absolute atomic E-state index is 0.0265. The normalized spacial score (nSPS) is 31.3. The molecule has 0 spiro atoms. The second kappa shape index (κ2) is 6.91. The molecule has 0 radical (unpaired) electrons. The van der Waals surface area contributed by atoms with Gasteiger partial charge in [-0.25, -0.2) is 0 Å². The van der Waals surface area contributed by atoms with Gasteiger partial charge < -0.3 is 10.1 Å². The molecular formula is C16H33NO. The highest BCUT2D eigenvalue weighted by Crippen LogP contribution is 2.35. The lowest BCUT2D eigenvalue weighted by molar-refractivity contribution is -0.0274. The molecule has 0 aromatic carbocycles. The molecule has 0 heterocycles. The zero-order valence-corrected chi connectivity index (χ0v) is 13.3. The maximum Gasteiger partial charge on any atom is 0.0629 e. The highest BCUT2D eigenvalue weighted by Gasteiger charge is 2.30. The molecule has 1 saturated carbocycles. The number of hydrogen-bond donors (Lipinski definition) is 1. The van der Waals surface area contributed by atoms with Crippen LogP contribution in [0.3, 0.4) is 0 Å². The Morgan fingerprint density at radius 2 is 1.83 bits per heavy atom. The predicted octanol–water partition coefficient (Wildman–Crippen LogP) is 3.85. The molecular weight excluding hydrogens is 222 g/mol. The number of ether oxygens (including phenoxy) is 1. The fraction of sp³-hybridized carbons (Fsp3) is 1.00. The molecule has 4 atom stereocenters. The summed E-state index contributed by atoms with van der Waals surface area (Å²) in [7, 11) is 0. The average molecular weight is 255 g/mol. The lowest BCUT2D eigenvalue weighted by atomic mass is 9.73. The van der Waals surface area contributed by atoms with Gasteiger partial charge in [-0.1, -0.05) is 27.2 Å². The van der Waals surface area contributed by atoms with E-state index >= 15 is 0 Å². The molecule has 0 bridgehead atoms. The van der Waals surface area contributed by atoms with Crippen molar-refractivity contribution >= 4 is 0 Å². The lowest BCUT2D eigenvalue weighted by Crippen LogP contribution is -2.44. The van der Waals surface area contributed by atoms with Crippen molar-refractivity contribution in [3.63, 3.8) is 0 Å². The fourth-order valence-electron chi connectivity index (χ4n) is 2.92. The number of rotatable bonds is 5. The van der Waals surface area contributed by atoms with E-state index in [9.17, 15) is 0 Å². The van der Waals surface area contributed by atoms with Crippen molar-refractivity contribution in [2.75, 3.05) is 13.2 Å². The zero-order chi connectivity index (χ0) is 13.8. The van der Waals surface area contributed by atoms with Crippen LogP contribution in [0.1, 0.15) is 60.8 Å². The van der Waals surface area contributed by atoms with Crippen LogP contribution in [0.25, 0.3) is 0 Å². The summed E-state index contributed by atoms with van der Waals surface area (Å²) < 4.78 is 6.00. The van der Waals surface area contributed by atoms with Gasteiger partial charge in [0.15, 0.2) is 0 Å². The van der Waals surface area contributed by atoms with Crippen molar-refractivity contribution in [1.82, 2.24) is 5.32 Å². The molecule has 18 heavy (non-hydrogen) atoms. The molecule has 108 valence electrons. The van der Waals surface area contributed by atoms with Gasteiger partial charge in [0.05, 0.1) is 12.2 Å².